The van der Waals surface area contributed by atoms with Gasteiger partial charge in [-0.25, -0.2) is 4.79 Å². The normalized spacial score (nSPS) is 20.3. The number of rotatable bonds is 6. The molecule has 0 aliphatic carbocycles. The molecule has 0 radical (unpaired) electrons. The van der Waals surface area contributed by atoms with Crippen LogP contribution < -0.4 is 5.73 Å². The fourth-order valence-corrected chi connectivity index (χ4v) is 2.39. The van der Waals surface area contributed by atoms with Gasteiger partial charge in [-0.2, -0.15) is 0 Å². The molecular weight excluding hydrogens is 264 g/mol. The summed E-state index contributed by atoms with van der Waals surface area (Å²) in [4.78, 5) is 35.9. The Labute approximate surface area is 118 Å². The first-order valence-corrected chi connectivity index (χ1v) is 6.91. The predicted molar refractivity (Wildman–Crippen MR) is 70.8 cm³/mol. The van der Waals surface area contributed by atoms with Crippen molar-refractivity contribution in [3.05, 3.63) is 0 Å². The summed E-state index contributed by atoms with van der Waals surface area (Å²) >= 11 is 0. The van der Waals surface area contributed by atoms with Gasteiger partial charge in [-0.1, -0.05) is 0 Å². The SMILES string of the molecule is CCOC(=O)C(N)C(=O)N1CCCCC1CCC(=O)O. The van der Waals surface area contributed by atoms with Crippen LogP contribution in [0.4, 0.5) is 0 Å². The molecule has 2 unspecified atom stereocenters. The second-order valence-electron chi connectivity index (χ2n) is 4.84. The number of carbonyl (C=O) groups is 3. The zero-order valence-corrected chi connectivity index (χ0v) is 11.7. The van der Waals surface area contributed by atoms with Gasteiger partial charge < -0.3 is 20.5 Å². The molecule has 0 aromatic rings. The number of amides is 1. The Balaban J connectivity index is 2.66. The third-order valence-electron chi connectivity index (χ3n) is 3.41. The Morgan fingerprint density at radius 1 is 1.40 bits per heavy atom. The quantitative estimate of drug-likeness (QED) is 0.530. The topological polar surface area (TPSA) is 110 Å². The van der Waals surface area contributed by atoms with Crippen LogP contribution in [0.5, 0.6) is 0 Å². The average Bonchev–Trinajstić information content (AvgIpc) is 2.44. The maximum absolute atomic E-state index is 12.2. The van der Waals surface area contributed by atoms with Gasteiger partial charge in [-0.15, -0.1) is 0 Å². The molecule has 2 atom stereocenters. The zero-order chi connectivity index (χ0) is 15.1. The lowest BCUT2D eigenvalue weighted by atomic mass is 9.97. The molecule has 1 aliphatic rings. The summed E-state index contributed by atoms with van der Waals surface area (Å²) in [6.07, 6.45) is 2.92. The van der Waals surface area contributed by atoms with Gasteiger partial charge in [-0.05, 0) is 32.6 Å². The van der Waals surface area contributed by atoms with Crippen LogP contribution >= 0.6 is 0 Å². The number of piperidine rings is 1. The maximum Gasteiger partial charge on any atom is 0.332 e. The van der Waals surface area contributed by atoms with Gasteiger partial charge in [0.1, 0.15) is 0 Å². The molecule has 1 fully saturated rings. The monoisotopic (exact) mass is 286 g/mol. The average molecular weight is 286 g/mol. The van der Waals surface area contributed by atoms with E-state index in [9.17, 15) is 14.4 Å². The lowest BCUT2D eigenvalue weighted by Crippen LogP contribution is -2.54. The second-order valence-corrected chi connectivity index (χ2v) is 4.84. The fourth-order valence-electron chi connectivity index (χ4n) is 2.39. The Hall–Kier alpha value is -1.63. The van der Waals surface area contributed by atoms with E-state index in [2.05, 4.69) is 0 Å². The van der Waals surface area contributed by atoms with Crippen LogP contribution in [-0.4, -0.2) is 53.1 Å². The highest BCUT2D eigenvalue weighted by Gasteiger charge is 2.33. The number of esters is 1. The van der Waals surface area contributed by atoms with Crippen molar-refractivity contribution < 1.29 is 24.2 Å². The molecule has 0 aromatic carbocycles. The highest BCUT2D eigenvalue weighted by atomic mass is 16.5. The van der Waals surface area contributed by atoms with Gasteiger partial charge in [0.05, 0.1) is 6.61 Å². The van der Waals surface area contributed by atoms with Crippen molar-refractivity contribution in [1.29, 1.82) is 0 Å². The summed E-state index contributed by atoms with van der Waals surface area (Å²) < 4.78 is 4.74. The molecular formula is C13H22N2O5. The van der Waals surface area contributed by atoms with Crippen LogP contribution in [0, 0.1) is 0 Å². The summed E-state index contributed by atoms with van der Waals surface area (Å²) in [5.41, 5.74) is 5.61. The van der Waals surface area contributed by atoms with E-state index in [0.717, 1.165) is 19.3 Å². The van der Waals surface area contributed by atoms with Crippen molar-refractivity contribution in [3.63, 3.8) is 0 Å². The van der Waals surface area contributed by atoms with Crippen LogP contribution in [-0.2, 0) is 19.1 Å². The molecule has 1 rings (SSSR count). The first-order chi connectivity index (χ1) is 9.47. The van der Waals surface area contributed by atoms with E-state index < -0.39 is 23.9 Å². The molecule has 114 valence electrons. The Kier molecular flexibility index (Phi) is 6.44. The maximum atomic E-state index is 12.2. The number of carboxylic acid groups (broad SMARTS) is 1. The van der Waals surface area contributed by atoms with Crippen molar-refractivity contribution in [2.24, 2.45) is 5.73 Å². The minimum absolute atomic E-state index is 0.00307. The highest BCUT2D eigenvalue weighted by Crippen LogP contribution is 2.21. The fraction of sp³-hybridized carbons (Fsp3) is 0.769. The van der Waals surface area contributed by atoms with Gasteiger partial charge in [0.15, 0.2) is 6.04 Å². The molecule has 3 N–H and O–H groups in total. The van der Waals surface area contributed by atoms with Crippen LogP contribution in [0.25, 0.3) is 0 Å². The molecule has 20 heavy (non-hydrogen) atoms. The summed E-state index contributed by atoms with van der Waals surface area (Å²) in [7, 11) is 0. The van der Waals surface area contributed by atoms with Gasteiger partial charge in [-0.3, -0.25) is 9.59 Å². The molecule has 0 saturated carbocycles. The first-order valence-electron chi connectivity index (χ1n) is 6.91. The standard InChI is InChI=1S/C13H22N2O5/c1-2-20-13(19)11(14)12(18)15-8-4-3-5-9(15)6-7-10(16)17/h9,11H,2-8,14H2,1H3,(H,16,17). The zero-order valence-electron chi connectivity index (χ0n) is 11.7. The summed E-state index contributed by atoms with van der Waals surface area (Å²) in [5, 5.41) is 8.73. The molecule has 1 amide bonds. The number of likely N-dealkylation sites (tertiary alicyclic amines) is 1. The summed E-state index contributed by atoms with van der Waals surface area (Å²) in [6, 6.07) is -1.48. The largest absolute Gasteiger partial charge is 0.481 e. The van der Waals surface area contributed by atoms with Gasteiger partial charge >= 0.3 is 11.9 Å². The molecule has 0 spiro atoms. The number of aliphatic carboxylic acids is 1. The molecule has 7 nitrogen and oxygen atoms in total. The molecule has 0 bridgehead atoms. The Morgan fingerprint density at radius 2 is 2.10 bits per heavy atom. The van der Waals surface area contributed by atoms with Crippen LogP contribution in [0.3, 0.4) is 0 Å². The summed E-state index contributed by atoms with van der Waals surface area (Å²) in [5.74, 6) is -2.10. The van der Waals surface area contributed by atoms with Gasteiger partial charge in [0.25, 0.3) is 5.91 Å². The van der Waals surface area contributed by atoms with E-state index in [1.165, 1.54) is 4.90 Å². The van der Waals surface area contributed by atoms with E-state index >= 15 is 0 Å². The Bertz CT molecular complexity index is 372. The third-order valence-corrected chi connectivity index (χ3v) is 3.41. The van der Waals surface area contributed by atoms with E-state index in [1.54, 1.807) is 6.92 Å². The van der Waals surface area contributed by atoms with Gasteiger partial charge in [0, 0.05) is 19.0 Å². The number of carbonyl (C=O) groups excluding carboxylic acids is 2. The number of hydrogen-bond acceptors (Lipinski definition) is 5. The lowest BCUT2D eigenvalue weighted by molar-refractivity contribution is -0.152. The van der Waals surface area contributed by atoms with Crippen molar-refractivity contribution >= 4 is 17.8 Å². The predicted octanol–water partition coefficient (Wildman–Crippen LogP) is 0.123. The minimum Gasteiger partial charge on any atom is -0.481 e. The molecule has 1 saturated heterocycles. The second kappa shape index (κ2) is 7.84. The molecule has 7 heteroatoms. The van der Waals surface area contributed by atoms with E-state index in [1.807, 2.05) is 0 Å². The van der Waals surface area contributed by atoms with E-state index in [4.69, 9.17) is 15.6 Å². The van der Waals surface area contributed by atoms with Crippen LogP contribution in [0.1, 0.15) is 39.0 Å². The van der Waals surface area contributed by atoms with Crippen LogP contribution in [0.2, 0.25) is 0 Å². The highest BCUT2D eigenvalue weighted by molar-refractivity contribution is 6.01. The van der Waals surface area contributed by atoms with E-state index in [0.29, 0.717) is 13.0 Å². The molecule has 1 aliphatic heterocycles. The number of nitrogens with two attached hydrogens (primary N) is 1. The van der Waals surface area contributed by atoms with Crippen molar-refractivity contribution in [3.8, 4) is 0 Å². The molecule has 0 aromatic heterocycles. The summed E-state index contributed by atoms with van der Waals surface area (Å²) in [6.45, 7) is 2.32. The third kappa shape index (κ3) is 4.48. The number of ether oxygens (including phenoxy) is 1. The lowest BCUT2D eigenvalue weighted by Gasteiger charge is -2.36. The Morgan fingerprint density at radius 3 is 2.70 bits per heavy atom. The number of nitrogens with zero attached hydrogens (tertiary/aromatic N) is 1. The smallest absolute Gasteiger partial charge is 0.332 e. The van der Waals surface area contributed by atoms with Crippen molar-refractivity contribution in [2.45, 2.75) is 51.1 Å². The first kappa shape index (κ1) is 16.4. The minimum atomic E-state index is -1.32. The van der Waals surface area contributed by atoms with Crippen molar-refractivity contribution in [1.82, 2.24) is 4.90 Å². The number of carboxylic acids is 1. The van der Waals surface area contributed by atoms with Crippen LogP contribution in [0.15, 0.2) is 0 Å². The van der Waals surface area contributed by atoms with Gasteiger partial charge in [0.2, 0.25) is 0 Å². The van der Waals surface area contributed by atoms with E-state index in [-0.39, 0.29) is 19.1 Å². The number of hydrogen-bond donors (Lipinski definition) is 2. The van der Waals surface area contributed by atoms with Crippen molar-refractivity contribution in [2.75, 3.05) is 13.2 Å². The molecule has 1 heterocycles.